The number of hydrogen-bond acceptors (Lipinski definition) is 10. The molecule has 0 aliphatic carbocycles. The molecule has 56 heavy (non-hydrogen) atoms. The summed E-state index contributed by atoms with van der Waals surface area (Å²) in [7, 11) is 0. The number of carbonyl (C=O) groups excluding carboxylic acids is 3. The number of carbonyl (C=O) groups is 3. The fraction of sp³-hybridized carbons (Fsp3) is 0.318. The second kappa shape index (κ2) is 16.8. The smallest absolute Gasteiger partial charge is 0.255 e. The second-order valence-corrected chi connectivity index (χ2v) is 14.9. The normalized spacial score (nSPS) is 18.4. The molecule has 2 aromatic heterocycles. The van der Waals surface area contributed by atoms with Crippen molar-refractivity contribution in [1.82, 2.24) is 30.1 Å². The number of benzene rings is 3. The Hall–Kier alpha value is -5.98. The Kier molecular flexibility index (Phi) is 11.1. The van der Waals surface area contributed by atoms with Crippen LogP contribution in [0.3, 0.4) is 0 Å². The molecule has 5 aromatic rings. The number of aromatic nitrogens is 3. The minimum Gasteiger partial charge on any atom is -0.371 e. The molecular formula is C44H47N9O3. The van der Waals surface area contributed by atoms with E-state index in [1.54, 1.807) is 18.6 Å². The highest BCUT2D eigenvalue weighted by atomic mass is 16.2. The first kappa shape index (κ1) is 37.0. The largest absolute Gasteiger partial charge is 0.371 e. The van der Waals surface area contributed by atoms with Gasteiger partial charge < -0.3 is 15.5 Å². The van der Waals surface area contributed by atoms with Crippen LogP contribution in [0.15, 0.2) is 104 Å². The van der Waals surface area contributed by atoms with Crippen molar-refractivity contribution >= 4 is 40.7 Å². The van der Waals surface area contributed by atoms with E-state index < -0.39 is 0 Å². The Bertz CT molecular complexity index is 2180. The molecule has 0 saturated carbocycles. The molecule has 1 atom stereocenters. The molecule has 3 amide bonds. The number of piperazine rings is 1. The van der Waals surface area contributed by atoms with Gasteiger partial charge in [0.2, 0.25) is 17.8 Å². The van der Waals surface area contributed by atoms with E-state index in [1.807, 2.05) is 67.6 Å². The van der Waals surface area contributed by atoms with Crippen LogP contribution in [0.1, 0.15) is 58.6 Å². The Balaban J connectivity index is 0.798. The zero-order valence-corrected chi connectivity index (χ0v) is 31.7. The quantitative estimate of drug-likeness (QED) is 0.143. The maximum Gasteiger partial charge on any atom is 0.255 e. The molecule has 0 spiro atoms. The monoisotopic (exact) mass is 749 g/mol. The van der Waals surface area contributed by atoms with E-state index in [1.165, 1.54) is 5.56 Å². The first-order chi connectivity index (χ1) is 27.3. The van der Waals surface area contributed by atoms with Gasteiger partial charge in [0.05, 0.1) is 11.6 Å². The maximum absolute atomic E-state index is 13.3. The van der Waals surface area contributed by atoms with Gasteiger partial charge in [0.1, 0.15) is 0 Å². The molecule has 12 heteroatoms. The molecule has 3 aliphatic heterocycles. The molecule has 0 bridgehead atoms. The summed E-state index contributed by atoms with van der Waals surface area (Å²) in [4.78, 5) is 58.1. The first-order valence-corrected chi connectivity index (χ1v) is 19.5. The number of nitrogens with one attached hydrogen (secondary N) is 3. The van der Waals surface area contributed by atoms with Crippen LogP contribution in [0.4, 0.5) is 23.0 Å². The molecule has 3 saturated heterocycles. The standard InChI is InChI=1S/C44H47N9O3/c1-30-7-10-35(27-40(30)49-44-46-19-15-39(48-44)34-6-3-18-45-28-34)47-42(55)32-8-11-36(12-9-32)52-20-16-37(17-21-52)53-24-22-51(23-25-53)29-31-4-2-5-33(26-31)38-13-14-41(54)50-43(38)56/h2-12,15,18-19,26-28,37-38H,13-14,16-17,20-25,29H2,1H3,(H,47,55)(H,46,48,49)(H,50,54,56). The highest BCUT2D eigenvalue weighted by Gasteiger charge is 2.30. The van der Waals surface area contributed by atoms with Crippen LogP contribution >= 0.6 is 0 Å². The summed E-state index contributed by atoms with van der Waals surface area (Å²) in [5, 5.41) is 8.84. The van der Waals surface area contributed by atoms with Crippen molar-refractivity contribution in [2.75, 3.05) is 54.8 Å². The molecule has 12 nitrogen and oxygen atoms in total. The Labute approximate surface area is 327 Å². The Morgan fingerprint density at radius 2 is 1.68 bits per heavy atom. The average Bonchev–Trinajstić information content (AvgIpc) is 3.23. The van der Waals surface area contributed by atoms with Crippen molar-refractivity contribution in [3.63, 3.8) is 0 Å². The van der Waals surface area contributed by atoms with Crippen molar-refractivity contribution < 1.29 is 14.4 Å². The summed E-state index contributed by atoms with van der Waals surface area (Å²) >= 11 is 0. The van der Waals surface area contributed by atoms with Crippen LogP contribution in [0.2, 0.25) is 0 Å². The highest BCUT2D eigenvalue weighted by molar-refractivity contribution is 6.04. The lowest BCUT2D eigenvalue weighted by Crippen LogP contribution is -2.53. The predicted molar refractivity (Wildman–Crippen MR) is 218 cm³/mol. The van der Waals surface area contributed by atoms with Crippen LogP contribution in [0.25, 0.3) is 11.3 Å². The third-order valence-electron chi connectivity index (χ3n) is 11.2. The second-order valence-electron chi connectivity index (χ2n) is 14.9. The van der Waals surface area contributed by atoms with Gasteiger partial charge in [-0.2, -0.15) is 0 Å². The number of nitrogens with zero attached hydrogens (tertiary/aromatic N) is 6. The lowest BCUT2D eigenvalue weighted by molar-refractivity contribution is -0.134. The SMILES string of the molecule is Cc1ccc(NC(=O)c2ccc(N3CCC(N4CCN(Cc5cccc(C6CCC(=O)NC6=O)c5)CC4)CC3)cc2)cc1Nc1nccc(-c2cccnc2)n1. The van der Waals surface area contributed by atoms with E-state index >= 15 is 0 Å². The van der Waals surface area contributed by atoms with Gasteiger partial charge in [-0.05, 0) is 97.5 Å². The molecule has 0 radical (unpaired) electrons. The molecule has 8 rings (SSSR count). The fourth-order valence-electron chi connectivity index (χ4n) is 8.03. The summed E-state index contributed by atoms with van der Waals surface area (Å²) in [6, 6.07) is 28.2. The molecule has 1 unspecified atom stereocenters. The van der Waals surface area contributed by atoms with Gasteiger partial charge in [0, 0.05) is 105 Å². The number of anilines is 4. The third-order valence-corrected chi connectivity index (χ3v) is 11.2. The van der Waals surface area contributed by atoms with Gasteiger partial charge in [-0.3, -0.25) is 34.5 Å². The summed E-state index contributed by atoms with van der Waals surface area (Å²) in [5.41, 5.74) is 8.11. The van der Waals surface area contributed by atoms with Crippen molar-refractivity contribution in [2.24, 2.45) is 0 Å². The van der Waals surface area contributed by atoms with Gasteiger partial charge in [-0.25, -0.2) is 9.97 Å². The van der Waals surface area contributed by atoms with Crippen LogP contribution in [-0.2, 0) is 16.1 Å². The molecule has 3 aliphatic rings. The van der Waals surface area contributed by atoms with Gasteiger partial charge in [0.25, 0.3) is 5.91 Å². The van der Waals surface area contributed by atoms with Crippen molar-refractivity contribution in [3.05, 3.63) is 126 Å². The summed E-state index contributed by atoms with van der Waals surface area (Å²) in [5.74, 6) is -0.316. The van der Waals surface area contributed by atoms with Gasteiger partial charge in [-0.1, -0.05) is 30.3 Å². The topological polar surface area (TPSA) is 136 Å². The Morgan fingerprint density at radius 3 is 2.45 bits per heavy atom. The zero-order valence-electron chi connectivity index (χ0n) is 31.7. The summed E-state index contributed by atoms with van der Waals surface area (Å²) in [6.45, 7) is 8.96. The zero-order chi connectivity index (χ0) is 38.4. The summed E-state index contributed by atoms with van der Waals surface area (Å²) < 4.78 is 0. The predicted octanol–water partition coefficient (Wildman–Crippen LogP) is 6.15. The first-order valence-electron chi connectivity index (χ1n) is 19.5. The molecular weight excluding hydrogens is 703 g/mol. The molecule has 5 heterocycles. The number of aryl methyl sites for hydroxylation is 1. The lowest BCUT2D eigenvalue weighted by atomic mass is 9.89. The third kappa shape index (κ3) is 8.77. The van der Waals surface area contributed by atoms with Gasteiger partial charge in [-0.15, -0.1) is 0 Å². The number of piperidine rings is 2. The van der Waals surface area contributed by atoms with Gasteiger partial charge in [0.15, 0.2) is 0 Å². The van der Waals surface area contributed by atoms with E-state index in [9.17, 15) is 14.4 Å². The summed E-state index contributed by atoms with van der Waals surface area (Å²) in [6.07, 6.45) is 8.40. The van der Waals surface area contributed by atoms with Crippen molar-refractivity contribution in [1.29, 1.82) is 0 Å². The molecule has 3 aromatic carbocycles. The van der Waals surface area contributed by atoms with Crippen molar-refractivity contribution in [2.45, 2.75) is 51.1 Å². The van der Waals surface area contributed by atoms with E-state index in [4.69, 9.17) is 0 Å². The number of pyridine rings is 1. The number of rotatable bonds is 10. The molecule has 286 valence electrons. The molecule has 3 fully saturated rings. The lowest BCUT2D eigenvalue weighted by Gasteiger charge is -2.43. The minimum absolute atomic E-state index is 0.166. The average molecular weight is 750 g/mol. The van der Waals surface area contributed by atoms with Crippen LogP contribution in [-0.4, -0.2) is 87.8 Å². The fourth-order valence-corrected chi connectivity index (χ4v) is 8.03. The van der Waals surface area contributed by atoms with E-state index in [2.05, 4.69) is 69.9 Å². The highest BCUT2D eigenvalue weighted by Crippen LogP contribution is 2.28. The van der Waals surface area contributed by atoms with E-state index in [0.717, 1.165) is 92.4 Å². The number of hydrogen-bond donors (Lipinski definition) is 3. The van der Waals surface area contributed by atoms with E-state index in [-0.39, 0.29) is 23.6 Å². The van der Waals surface area contributed by atoms with E-state index in [0.29, 0.717) is 36.1 Å². The van der Waals surface area contributed by atoms with Crippen LogP contribution < -0.4 is 20.9 Å². The number of imide groups is 1. The Morgan fingerprint density at radius 1 is 0.857 bits per heavy atom. The van der Waals surface area contributed by atoms with Crippen LogP contribution in [0, 0.1) is 6.92 Å². The number of amides is 3. The maximum atomic E-state index is 13.3. The minimum atomic E-state index is -0.250. The van der Waals surface area contributed by atoms with Crippen LogP contribution in [0.5, 0.6) is 0 Å². The van der Waals surface area contributed by atoms with Crippen molar-refractivity contribution in [3.8, 4) is 11.3 Å². The molecule has 3 N–H and O–H groups in total. The van der Waals surface area contributed by atoms with Gasteiger partial charge >= 0.3 is 0 Å².